The van der Waals surface area contributed by atoms with E-state index in [1.54, 1.807) is 18.2 Å². The van der Waals surface area contributed by atoms with Gasteiger partial charge in [-0.3, -0.25) is 9.59 Å². The average Bonchev–Trinajstić information content (AvgIpc) is 2.96. The second kappa shape index (κ2) is 6.38. The summed E-state index contributed by atoms with van der Waals surface area (Å²) in [4.78, 5) is 25.6. The first-order chi connectivity index (χ1) is 10.6. The number of ether oxygens (including phenoxy) is 1. The normalized spacial score (nSPS) is 23.9. The Balaban J connectivity index is 1.73. The number of nitrogens with two attached hydrogens (primary N) is 1. The monoisotopic (exact) mass is 302 g/mol. The summed E-state index contributed by atoms with van der Waals surface area (Å²) in [6, 6.07) is 7.06. The number of para-hydroxylation sites is 1. The predicted octanol–water partition coefficient (Wildman–Crippen LogP) is 1.81. The maximum atomic E-state index is 12.8. The summed E-state index contributed by atoms with van der Waals surface area (Å²) < 4.78 is 5.38. The molecule has 1 aliphatic carbocycles. The molecule has 2 N–H and O–H groups in total. The minimum absolute atomic E-state index is 0.00512. The van der Waals surface area contributed by atoms with Gasteiger partial charge in [-0.1, -0.05) is 25.0 Å². The van der Waals surface area contributed by atoms with Gasteiger partial charge in [0.15, 0.2) is 6.61 Å². The van der Waals surface area contributed by atoms with Gasteiger partial charge in [-0.2, -0.15) is 0 Å². The van der Waals surface area contributed by atoms with Crippen molar-refractivity contribution in [3.63, 3.8) is 0 Å². The van der Waals surface area contributed by atoms with Crippen molar-refractivity contribution >= 4 is 11.8 Å². The number of nitrogens with zero attached hydrogens (tertiary/aromatic N) is 1. The van der Waals surface area contributed by atoms with E-state index in [9.17, 15) is 9.59 Å². The van der Waals surface area contributed by atoms with Gasteiger partial charge >= 0.3 is 0 Å². The number of likely N-dealkylation sites (tertiary alicyclic amines) is 1. The van der Waals surface area contributed by atoms with Crippen LogP contribution in [0.25, 0.3) is 0 Å². The van der Waals surface area contributed by atoms with Crippen LogP contribution in [-0.4, -0.2) is 36.4 Å². The first-order valence-corrected chi connectivity index (χ1v) is 7.94. The van der Waals surface area contributed by atoms with Crippen molar-refractivity contribution in [2.75, 3.05) is 19.7 Å². The standard InChI is InChI=1S/C17H22N2O3/c18-16(20)11-22-15-8-4-3-7-14(15)17(21)19-9-12-5-1-2-6-13(12)10-19/h3-4,7-8,12-13H,1-2,5-6,9-11H2,(H2,18,20). The molecule has 1 saturated heterocycles. The lowest BCUT2D eigenvalue weighted by atomic mass is 9.82. The zero-order valence-electron chi connectivity index (χ0n) is 12.7. The molecule has 1 heterocycles. The molecule has 118 valence electrons. The fourth-order valence-electron chi connectivity index (χ4n) is 3.66. The highest BCUT2D eigenvalue weighted by Crippen LogP contribution is 2.37. The van der Waals surface area contributed by atoms with Gasteiger partial charge in [0.25, 0.3) is 11.8 Å². The van der Waals surface area contributed by atoms with Crippen LogP contribution in [0.4, 0.5) is 0 Å². The summed E-state index contributed by atoms with van der Waals surface area (Å²) >= 11 is 0. The summed E-state index contributed by atoms with van der Waals surface area (Å²) in [5.41, 5.74) is 5.62. The molecule has 0 bridgehead atoms. The molecule has 0 spiro atoms. The summed E-state index contributed by atoms with van der Waals surface area (Å²) in [5, 5.41) is 0. The summed E-state index contributed by atoms with van der Waals surface area (Å²) in [6.07, 6.45) is 5.02. The van der Waals surface area contributed by atoms with Crippen LogP contribution in [0.15, 0.2) is 24.3 Å². The molecule has 2 aliphatic rings. The third-order valence-electron chi connectivity index (χ3n) is 4.75. The molecule has 5 nitrogen and oxygen atoms in total. The largest absolute Gasteiger partial charge is 0.483 e. The van der Waals surface area contributed by atoms with Gasteiger partial charge < -0.3 is 15.4 Å². The van der Waals surface area contributed by atoms with Crippen molar-refractivity contribution in [2.45, 2.75) is 25.7 Å². The lowest BCUT2D eigenvalue weighted by Crippen LogP contribution is -2.30. The number of carbonyl (C=O) groups excluding carboxylic acids is 2. The van der Waals surface area contributed by atoms with Crippen molar-refractivity contribution in [1.82, 2.24) is 4.90 Å². The molecule has 2 amide bonds. The Hall–Kier alpha value is -2.04. The number of fused-ring (bicyclic) bond motifs is 1. The molecule has 0 radical (unpaired) electrons. The number of amides is 2. The van der Waals surface area contributed by atoms with Crippen LogP contribution in [0.2, 0.25) is 0 Å². The Kier molecular flexibility index (Phi) is 4.32. The Bertz CT molecular complexity index is 559. The fraction of sp³-hybridized carbons (Fsp3) is 0.529. The van der Waals surface area contributed by atoms with Gasteiger partial charge in [0.1, 0.15) is 5.75 Å². The van der Waals surface area contributed by atoms with Gasteiger partial charge in [-0.05, 0) is 36.8 Å². The first kappa shape index (κ1) is 14.9. The van der Waals surface area contributed by atoms with E-state index in [1.807, 2.05) is 11.0 Å². The molecule has 1 aromatic carbocycles. The molecule has 2 unspecified atom stereocenters. The van der Waals surface area contributed by atoms with Gasteiger partial charge in [-0.15, -0.1) is 0 Å². The third-order valence-corrected chi connectivity index (χ3v) is 4.75. The van der Waals surface area contributed by atoms with Gasteiger partial charge in [-0.25, -0.2) is 0 Å². The van der Waals surface area contributed by atoms with Crippen LogP contribution in [0, 0.1) is 11.8 Å². The number of benzene rings is 1. The van der Waals surface area contributed by atoms with Crippen LogP contribution in [-0.2, 0) is 4.79 Å². The van der Waals surface area contributed by atoms with Crippen molar-refractivity contribution in [3.05, 3.63) is 29.8 Å². The molecular formula is C17H22N2O3. The Morgan fingerprint density at radius 1 is 1.14 bits per heavy atom. The summed E-state index contributed by atoms with van der Waals surface area (Å²) in [6.45, 7) is 1.47. The highest BCUT2D eigenvalue weighted by atomic mass is 16.5. The van der Waals surface area contributed by atoms with Crippen molar-refractivity contribution in [3.8, 4) is 5.75 Å². The molecule has 5 heteroatoms. The lowest BCUT2D eigenvalue weighted by molar-refractivity contribution is -0.119. The van der Waals surface area contributed by atoms with E-state index in [1.165, 1.54) is 25.7 Å². The van der Waals surface area contributed by atoms with E-state index >= 15 is 0 Å². The van der Waals surface area contributed by atoms with Crippen molar-refractivity contribution < 1.29 is 14.3 Å². The van der Waals surface area contributed by atoms with E-state index < -0.39 is 5.91 Å². The van der Waals surface area contributed by atoms with E-state index in [0.29, 0.717) is 23.1 Å². The van der Waals surface area contributed by atoms with Gasteiger partial charge in [0.2, 0.25) is 0 Å². The van der Waals surface area contributed by atoms with Crippen LogP contribution in [0.5, 0.6) is 5.75 Å². The molecular weight excluding hydrogens is 280 g/mol. The predicted molar refractivity (Wildman–Crippen MR) is 82.5 cm³/mol. The minimum atomic E-state index is -0.547. The zero-order chi connectivity index (χ0) is 15.5. The third kappa shape index (κ3) is 3.08. The molecule has 2 fully saturated rings. The van der Waals surface area contributed by atoms with Crippen molar-refractivity contribution in [1.29, 1.82) is 0 Å². The number of primary amides is 1. The zero-order valence-corrected chi connectivity index (χ0v) is 12.7. The smallest absolute Gasteiger partial charge is 0.257 e. The minimum Gasteiger partial charge on any atom is -0.483 e. The summed E-state index contributed by atoms with van der Waals surface area (Å²) in [7, 11) is 0. The highest BCUT2D eigenvalue weighted by Gasteiger charge is 2.37. The SMILES string of the molecule is NC(=O)COc1ccccc1C(=O)N1CC2CCCCC2C1. The number of carbonyl (C=O) groups is 2. The number of rotatable bonds is 4. The molecule has 1 saturated carbocycles. The van der Waals surface area contributed by atoms with Crippen LogP contribution < -0.4 is 10.5 Å². The maximum Gasteiger partial charge on any atom is 0.257 e. The highest BCUT2D eigenvalue weighted by molar-refractivity contribution is 5.97. The second-order valence-electron chi connectivity index (χ2n) is 6.27. The molecule has 3 rings (SSSR count). The molecule has 22 heavy (non-hydrogen) atoms. The topological polar surface area (TPSA) is 72.6 Å². The van der Waals surface area contributed by atoms with E-state index in [-0.39, 0.29) is 12.5 Å². The summed E-state index contributed by atoms with van der Waals surface area (Å²) in [5.74, 6) is 1.18. The second-order valence-corrected chi connectivity index (χ2v) is 6.27. The maximum absolute atomic E-state index is 12.8. The van der Waals surface area contributed by atoms with Crippen LogP contribution >= 0.6 is 0 Å². The van der Waals surface area contributed by atoms with Gasteiger partial charge in [0, 0.05) is 13.1 Å². The fourth-order valence-corrected chi connectivity index (χ4v) is 3.66. The molecule has 1 aromatic rings. The Labute approximate surface area is 130 Å². The van der Waals surface area contributed by atoms with Crippen LogP contribution in [0.1, 0.15) is 36.0 Å². The van der Waals surface area contributed by atoms with Crippen LogP contribution in [0.3, 0.4) is 0 Å². The molecule has 0 aromatic heterocycles. The van der Waals surface area contributed by atoms with E-state index in [4.69, 9.17) is 10.5 Å². The van der Waals surface area contributed by atoms with E-state index in [2.05, 4.69) is 0 Å². The molecule has 1 aliphatic heterocycles. The van der Waals surface area contributed by atoms with E-state index in [0.717, 1.165) is 13.1 Å². The van der Waals surface area contributed by atoms with Crippen molar-refractivity contribution in [2.24, 2.45) is 17.6 Å². The Morgan fingerprint density at radius 3 is 2.41 bits per heavy atom. The average molecular weight is 302 g/mol. The lowest BCUT2D eigenvalue weighted by Gasteiger charge is -2.22. The number of hydrogen-bond donors (Lipinski definition) is 1. The molecule has 2 atom stereocenters. The first-order valence-electron chi connectivity index (χ1n) is 7.94. The van der Waals surface area contributed by atoms with Gasteiger partial charge in [0.05, 0.1) is 5.56 Å². The number of hydrogen-bond acceptors (Lipinski definition) is 3. The quantitative estimate of drug-likeness (QED) is 0.922. The Morgan fingerprint density at radius 2 is 1.77 bits per heavy atom.